The van der Waals surface area contributed by atoms with Crippen LogP contribution in [0.4, 0.5) is 0 Å². The van der Waals surface area contributed by atoms with Crippen molar-refractivity contribution in [3.63, 3.8) is 0 Å². The number of carbonyl (C=O) groups excluding carboxylic acids is 2. The average molecular weight is 136 g/mol. The van der Waals surface area contributed by atoms with Gasteiger partial charge in [0.2, 0.25) is 0 Å². The molecule has 1 aliphatic rings. The fourth-order valence-electron chi connectivity index (χ4n) is 0.555. The van der Waals surface area contributed by atoms with E-state index in [-0.39, 0.29) is 35.5 Å². The summed E-state index contributed by atoms with van der Waals surface area (Å²) in [6, 6.07) is 0. The van der Waals surface area contributed by atoms with Crippen LogP contribution in [0.1, 0.15) is 6.42 Å². The Hall–Kier alpha value is 0.0100. The molecule has 0 unspecified atom stereocenters. The Morgan fingerprint density at radius 3 is 2.56 bits per heavy atom. The zero-order chi connectivity index (χ0) is 5.98. The van der Waals surface area contributed by atoms with Crippen LogP contribution in [0, 0.1) is 5.92 Å². The van der Waals surface area contributed by atoms with Crippen molar-refractivity contribution in [1.82, 2.24) is 0 Å². The minimum atomic E-state index is -0.458. The molecule has 0 N–H and O–H groups in total. The molecule has 0 aromatic heterocycles. The van der Waals surface area contributed by atoms with Gasteiger partial charge in [0, 0.05) is 0 Å². The van der Waals surface area contributed by atoms with Gasteiger partial charge < -0.3 is 9.53 Å². The Balaban J connectivity index is 0.000000640. The van der Waals surface area contributed by atoms with Crippen molar-refractivity contribution >= 4 is 12.3 Å². The number of rotatable bonds is 1. The van der Waals surface area contributed by atoms with Gasteiger partial charge in [0.05, 0.1) is 6.61 Å². The van der Waals surface area contributed by atoms with Crippen LogP contribution in [0.15, 0.2) is 0 Å². The molecule has 0 aliphatic carbocycles. The normalized spacial score (nSPS) is 16.4. The van der Waals surface area contributed by atoms with Crippen LogP contribution < -0.4 is 29.6 Å². The van der Waals surface area contributed by atoms with Crippen LogP contribution in [-0.4, -0.2) is 18.9 Å². The van der Waals surface area contributed by atoms with E-state index >= 15 is 0 Å². The maximum atomic E-state index is 10.3. The van der Waals surface area contributed by atoms with E-state index in [9.17, 15) is 9.59 Å². The van der Waals surface area contributed by atoms with Gasteiger partial charge in [-0.2, -0.15) is 0 Å². The monoisotopic (exact) mass is 136 g/mol. The van der Waals surface area contributed by atoms with Crippen molar-refractivity contribution < 1.29 is 43.9 Å². The molecule has 0 spiro atoms. The summed E-state index contributed by atoms with van der Waals surface area (Å²) in [5.41, 5.74) is 0. The summed E-state index contributed by atoms with van der Waals surface area (Å²) in [5, 5.41) is 0. The Morgan fingerprint density at radius 1 is 1.67 bits per heavy atom. The molecule has 1 aliphatic heterocycles. The number of ether oxygens (including phenoxy) is 1. The van der Waals surface area contributed by atoms with Crippen molar-refractivity contribution in [2.75, 3.05) is 6.61 Å². The van der Waals surface area contributed by atoms with Crippen LogP contribution >= 0.6 is 0 Å². The standard InChI is InChI=1S/C5H5O3.Na/c6-3-4-1-2-8-5(4)7;/h3H,1-2H2;/q-1;+1. The van der Waals surface area contributed by atoms with Gasteiger partial charge in [-0.25, -0.2) is 5.92 Å². The molecular formula is C5H5NaO3. The molecule has 9 heavy (non-hydrogen) atoms. The number of esters is 1. The topological polar surface area (TPSA) is 43.4 Å². The molecule has 0 amide bonds. The van der Waals surface area contributed by atoms with Gasteiger partial charge in [0.25, 0.3) is 0 Å². The van der Waals surface area contributed by atoms with Crippen LogP contribution in [0.5, 0.6) is 0 Å². The molecule has 0 atom stereocenters. The molecule has 0 aromatic rings. The molecule has 0 aromatic carbocycles. The van der Waals surface area contributed by atoms with E-state index in [0.29, 0.717) is 19.3 Å². The van der Waals surface area contributed by atoms with E-state index in [1.807, 2.05) is 0 Å². The molecule has 1 rings (SSSR count). The fraction of sp³-hybridized carbons (Fsp3) is 0.400. The summed E-state index contributed by atoms with van der Waals surface area (Å²) in [6.07, 6.45) is 1.03. The average Bonchev–Trinajstić information content (AvgIpc) is 2.14. The molecule has 0 radical (unpaired) electrons. The smallest absolute Gasteiger partial charge is 0.490 e. The van der Waals surface area contributed by atoms with E-state index in [1.54, 1.807) is 0 Å². The zero-order valence-electron chi connectivity index (χ0n) is 5.22. The molecule has 1 heterocycles. The van der Waals surface area contributed by atoms with Gasteiger partial charge >= 0.3 is 29.6 Å². The quantitative estimate of drug-likeness (QED) is 0.164. The summed E-state index contributed by atoms with van der Waals surface area (Å²) < 4.78 is 4.45. The SMILES string of the molecule is O=C[C-]1CCOC1=O.[Na+]. The number of hydrogen-bond acceptors (Lipinski definition) is 3. The third kappa shape index (κ3) is 2.01. The van der Waals surface area contributed by atoms with Gasteiger partial charge in [-0.15, -0.1) is 6.42 Å². The second kappa shape index (κ2) is 3.93. The third-order valence-electron chi connectivity index (χ3n) is 1.01. The summed E-state index contributed by atoms with van der Waals surface area (Å²) in [7, 11) is 0. The third-order valence-corrected chi connectivity index (χ3v) is 1.01. The molecule has 4 heteroatoms. The molecular weight excluding hydrogens is 131 g/mol. The minimum absolute atomic E-state index is 0. The van der Waals surface area contributed by atoms with Crippen molar-refractivity contribution in [2.24, 2.45) is 0 Å². The van der Waals surface area contributed by atoms with E-state index in [1.165, 1.54) is 0 Å². The maximum Gasteiger partial charge on any atom is 1.00 e. The fourth-order valence-corrected chi connectivity index (χ4v) is 0.555. The Bertz CT molecular complexity index is 123. The van der Waals surface area contributed by atoms with Crippen LogP contribution in [0.2, 0.25) is 0 Å². The molecule has 0 bridgehead atoms. The molecule has 1 fully saturated rings. The van der Waals surface area contributed by atoms with E-state index < -0.39 is 5.97 Å². The van der Waals surface area contributed by atoms with Crippen LogP contribution in [0.25, 0.3) is 0 Å². The predicted molar refractivity (Wildman–Crippen MR) is 24.9 cm³/mol. The van der Waals surface area contributed by atoms with Crippen molar-refractivity contribution in [3.8, 4) is 0 Å². The minimum Gasteiger partial charge on any atom is -0.490 e. The predicted octanol–water partition coefficient (Wildman–Crippen LogP) is -3.29. The Labute approximate surface area is 75.0 Å². The van der Waals surface area contributed by atoms with Crippen LogP contribution in [-0.2, 0) is 14.3 Å². The van der Waals surface area contributed by atoms with Crippen LogP contribution in [0.3, 0.4) is 0 Å². The number of hydrogen-bond donors (Lipinski definition) is 0. The number of aldehydes is 1. The van der Waals surface area contributed by atoms with Gasteiger partial charge in [-0.05, 0) is 6.29 Å². The molecule has 44 valence electrons. The first-order valence-electron chi connectivity index (χ1n) is 2.32. The molecule has 3 nitrogen and oxygen atoms in total. The van der Waals surface area contributed by atoms with Crippen molar-refractivity contribution in [1.29, 1.82) is 0 Å². The van der Waals surface area contributed by atoms with Crippen molar-refractivity contribution in [3.05, 3.63) is 5.92 Å². The second-order valence-corrected chi connectivity index (χ2v) is 1.53. The Morgan fingerprint density at radius 2 is 2.33 bits per heavy atom. The van der Waals surface area contributed by atoms with Gasteiger partial charge in [-0.1, -0.05) is 0 Å². The molecule has 1 saturated heterocycles. The van der Waals surface area contributed by atoms with Crippen molar-refractivity contribution in [2.45, 2.75) is 6.42 Å². The summed E-state index contributed by atoms with van der Waals surface area (Å²) >= 11 is 0. The van der Waals surface area contributed by atoms with Gasteiger partial charge in [0.1, 0.15) is 0 Å². The maximum absolute atomic E-state index is 10.3. The molecule has 0 saturated carbocycles. The zero-order valence-corrected chi connectivity index (χ0v) is 7.22. The summed E-state index contributed by atoms with van der Waals surface area (Å²) in [6.45, 7) is 0.368. The summed E-state index contributed by atoms with van der Waals surface area (Å²) in [5.74, 6) is -0.204. The van der Waals surface area contributed by atoms with E-state index in [4.69, 9.17) is 0 Å². The first-order valence-corrected chi connectivity index (χ1v) is 2.32. The first-order chi connectivity index (χ1) is 3.84. The number of carbonyl (C=O) groups is 2. The largest absolute Gasteiger partial charge is 1.00 e. The first kappa shape index (κ1) is 9.01. The van der Waals surface area contributed by atoms with Gasteiger partial charge in [-0.3, -0.25) is 4.79 Å². The summed E-state index contributed by atoms with van der Waals surface area (Å²) in [4.78, 5) is 20.2. The van der Waals surface area contributed by atoms with E-state index in [0.717, 1.165) is 0 Å². The van der Waals surface area contributed by atoms with Gasteiger partial charge in [0.15, 0.2) is 5.97 Å². The van der Waals surface area contributed by atoms with E-state index in [2.05, 4.69) is 4.74 Å². The Kier molecular flexibility index (Phi) is 3.93. The second-order valence-electron chi connectivity index (χ2n) is 1.53. The number of cyclic esters (lactones) is 1.